The van der Waals surface area contributed by atoms with E-state index < -0.39 is 44.2 Å². The third kappa shape index (κ3) is 9.86. The Bertz CT molecular complexity index is 388. The second kappa shape index (κ2) is 8.59. The highest BCUT2D eigenvalue weighted by atomic mass is 31.2. The molecule has 0 bridgehead atoms. The molecule has 9 nitrogen and oxygen atoms in total. The van der Waals surface area contributed by atoms with E-state index in [2.05, 4.69) is 18.5 Å². The van der Waals surface area contributed by atoms with Gasteiger partial charge in [0.25, 0.3) is 7.82 Å². The van der Waals surface area contributed by atoms with Crippen LogP contribution in [0.4, 0.5) is 0 Å². The van der Waals surface area contributed by atoms with Crippen molar-refractivity contribution in [1.82, 2.24) is 6.15 Å². The number of hydrogen-bond acceptors (Lipinski definition) is 8. The van der Waals surface area contributed by atoms with Crippen molar-refractivity contribution in [3.05, 3.63) is 0 Å². The standard InChI is InChI=1S/C12H23O8P.H3N/c1-11(2,3)9(13)17-7-19-21(15,16)20-8-18-10(14)12(4,5)6;/h7-8H2,1-6H3,(H,15,16);1H3. The minimum atomic E-state index is -4.71. The van der Waals surface area contributed by atoms with Crippen LogP contribution in [-0.4, -0.2) is 25.5 Å². The lowest BCUT2D eigenvalue weighted by Gasteiger charge is -2.24. The Kier molecular flexibility index (Phi) is 9.09. The molecule has 0 rings (SSSR count). The summed E-state index contributed by atoms with van der Waals surface area (Å²) in [4.78, 5) is 34.0. The predicted molar refractivity (Wildman–Crippen MR) is 76.6 cm³/mol. The van der Waals surface area contributed by atoms with Gasteiger partial charge in [0.15, 0.2) is 13.6 Å². The molecule has 0 aromatic carbocycles. The summed E-state index contributed by atoms with van der Waals surface area (Å²) in [5.41, 5.74) is -1.56. The number of carbonyl (C=O) groups excluding carboxylic acids is 2. The topological polar surface area (TPSA) is 148 Å². The summed E-state index contributed by atoms with van der Waals surface area (Å²) in [6, 6.07) is 0. The van der Waals surface area contributed by atoms with Crippen molar-refractivity contribution in [2.45, 2.75) is 41.5 Å². The molecular formula is C12H26NO8P. The van der Waals surface area contributed by atoms with Crippen LogP contribution in [0.15, 0.2) is 0 Å². The second-order valence-corrected chi connectivity index (χ2v) is 7.72. The average Bonchev–Trinajstić information content (AvgIpc) is 2.25. The van der Waals surface area contributed by atoms with E-state index in [1.807, 2.05) is 0 Å². The Balaban J connectivity index is 0. The van der Waals surface area contributed by atoms with E-state index in [0.29, 0.717) is 0 Å². The van der Waals surface area contributed by atoms with E-state index in [9.17, 15) is 19.0 Å². The van der Waals surface area contributed by atoms with Crippen molar-refractivity contribution in [1.29, 1.82) is 0 Å². The fourth-order valence-electron chi connectivity index (χ4n) is 0.759. The maximum absolute atomic E-state index is 11.4. The molecule has 0 aliphatic carbocycles. The van der Waals surface area contributed by atoms with Gasteiger partial charge in [0.2, 0.25) is 0 Å². The van der Waals surface area contributed by atoms with Crippen LogP contribution in [0.1, 0.15) is 41.5 Å². The third-order valence-corrected chi connectivity index (χ3v) is 2.87. The Labute approximate surface area is 130 Å². The average molecular weight is 343 g/mol. The minimum absolute atomic E-state index is 0. The van der Waals surface area contributed by atoms with E-state index in [4.69, 9.17) is 0 Å². The Hall–Kier alpha value is -0.990. The first-order chi connectivity index (χ1) is 9.26. The Morgan fingerprint density at radius 2 is 1.14 bits per heavy atom. The van der Waals surface area contributed by atoms with Crippen molar-refractivity contribution in [3.8, 4) is 0 Å². The van der Waals surface area contributed by atoms with Gasteiger partial charge in [-0.2, -0.15) is 0 Å². The van der Waals surface area contributed by atoms with Gasteiger partial charge in [0.1, 0.15) is 0 Å². The second-order valence-electron chi connectivity index (χ2n) is 6.30. The van der Waals surface area contributed by atoms with Gasteiger partial charge in [-0.25, -0.2) is 0 Å². The van der Waals surface area contributed by atoms with Crippen LogP contribution >= 0.6 is 7.82 Å². The summed E-state index contributed by atoms with van der Waals surface area (Å²) in [7, 11) is -4.71. The molecule has 0 amide bonds. The molecule has 0 aromatic heterocycles. The highest BCUT2D eigenvalue weighted by molar-refractivity contribution is 7.45. The molecule has 0 saturated heterocycles. The normalized spacial score (nSPS) is 12.3. The van der Waals surface area contributed by atoms with Crippen molar-refractivity contribution in [3.63, 3.8) is 0 Å². The number of rotatable bonds is 6. The molecule has 0 spiro atoms. The van der Waals surface area contributed by atoms with Crippen LogP contribution in [0.3, 0.4) is 0 Å². The monoisotopic (exact) mass is 343 g/mol. The number of phosphoric acid groups is 1. The smallest absolute Gasteiger partial charge is 0.313 e. The van der Waals surface area contributed by atoms with Crippen LogP contribution in [0.5, 0.6) is 0 Å². The van der Waals surface area contributed by atoms with Gasteiger partial charge in [-0.05, 0) is 41.5 Å². The van der Waals surface area contributed by atoms with Gasteiger partial charge in [-0.3, -0.25) is 23.2 Å². The van der Waals surface area contributed by atoms with Gasteiger partial charge in [-0.15, -0.1) is 0 Å². The number of carbonyl (C=O) groups is 2. The molecule has 0 aliphatic heterocycles. The van der Waals surface area contributed by atoms with Gasteiger partial charge in [-0.1, -0.05) is 0 Å². The summed E-state index contributed by atoms with van der Waals surface area (Å²) in [6.45, 7) is 8.03. The van der Waals surface area contributed by atoms with E-state index in [1.165, 1.54) is 0 Å². The van der Waals surface area contributed by atoms with E-state index in [-0.39, 0.29) is 6.15 Å². The minimum Gasteiger partial charge on any atom is -0.756 e. The summed E-state index contributed by atoms with van der Waals surface area (Å²) < 4.78 is 29.1. The Morgan fingerprint density at radius 1 is 0.864 bits per heavy atom. The molecule has 0 heterocycles. The fraction of sp³-hybridized carbons (Fsp3) is 0.833. The van der Waals surface area contributed by atoms with Gasteiger partial charge in [0, 0.05) is 0 Å². The molecule has 0 radical (unpaired) electrons. The van der Waals surface area contributed by atoms with Crippen molar-refractivity contribution in [2.75, 3.05) is 13.6 Å². The van der Waals surface area contributed by atoms with Gasteiger partial charge < -0.3 is 20.5 Å². The van der Waals surface area contributed by atoms with Gasteiger partial charge >= 0.3 is 11.9 Å². The highest BCUT2D eigenvalue weighted by Gasteiger charge is 2.25. The number of quaternary nitrogens is 1. The lowest BCUT2D eigenvalue weighted by Crippen LogP contribution is -2.25. The number of hydrogen-bond donors (Lipinski definition) is 1. The van der Waals surface area contributed by atoms with Crippen LogP contribution in [0.25, 0.3) is 0 Å². The van der Waals surface area contributed by atoms with Crippen LogP contribution in [0, 0.1) is 10.8 Å². The van der Waals surface area contributed by atoms with E-state index >= 15 is 0 Å². The summed E-state index contributed by atoms with van der Waals surface area (Å²) in [6.07, 6.45) is 0. The highest BCUT2D eigenvalue weighted by Crippen LogP contribution is 2.38. The molecule has 0 atom stereocenters. The van der Waals surface area contributed by atoms with Crippen LogP contribution in [0.2, 0.25) is 0 Å². The first-order valence-corrected chi connectivity index (χ1v) is 7.66. The molecule has 0 fully saturated rings. The van der Waals surface area contributed by atoms with Crippen molar-refractivity contribution >= 4 is 19.8 Å². The lowest BCUT2D eigenvalue weighted by atomic mass is 9.98. The first-order valence-electron chi connectivity index (χ1n) is 6.20. The zero-order valence-electron chi connectivity index (χ0n) is 14.1. The lowest BCUT2D eigenvalue weighted by molar-refractivity contribution is -0.239. The van der Waals surface area contributed by atoms with Crippen molar-refractivity contribution in [2.24, 2.45) is 10.8 Å². The van der Waals surface area contributed by atoms with E-state index in [1.54, 1.807) is 41.5 Å². The molecule has 0 aliphatic rings. The largest absolute Gasteiger partial charge is 0.756 e. The summed E-state index contributed by atoms with van der Waals surface area (Å²) in [5, 5.41) is 0. The maximum atomic E-state index is 11.4. The molecule has 22 heavy (non-hydrogen) atoms. The third-order valence-electron chi connectivity index (χ3n) is 2.03. The van der Waals surface area contributed by atoms with Gasteiger partial charge in [0.05, 0.1) is 10.8 Å². The zero-order valence-corrected chi connectivity index (χ0v) is 15.0. The fourth-order valence-corrected chi connectivity index (χ4v) is 1.20. The Morgan fingerprint density at radius 3 is 1.36 bits per heavy atom. The molecular weight excluding hydrogens is 317 g/mol. The number of esters is 2. The van der Waals surface area contributed by atoms with Crippen LogP contribution in [-0.2, 0) is 32.7 Å². The quantitative estimate of drug-likeness (QED) is 0.437. The zero-order chi connectivity index (χ0) is 16.9. The number of phosphoric ester groups is 1. The first kappa shape index (κ1) is 23.3. The van der Waals surface area contributed by atoms with E-state index in [0.717, 1.165) is 0 Å². The number of ether oxygens (including phenoxy) is 2. The van der Waals surface area contributed by atoms with Crippen molar-refractivity contribution < 1.29 is 37.6 Å². The molecule has 10 heteroatoms. The maximum Gasteiger partial charge on any atom is 0.313 e. The molecule has 4 N–H and O–H groups in total. The molecule has 0 unspecified atom stereocenters. The molecule has 132 valence electrons. The summed E-state index contributed by atoms with van der Waals surface area (Å²) >= 11 is 0. The van der Waals surface area contributed by atoms with Crippen LogP contribution < -0.4 is 11.0 Å². The summed E-state index contributed by atoms with van der Waals surface area (Å²) in [5.74, 6) is -1.25. The predicted octanol–water partition coefficient (Wildman–Crippen LogP) is 1.96. The molecule has 0 saturated carbocycles. The molecule has 0 aromatic rings. The SMILES string of the molecule is CC(C)(C)C(=O)OCOP(=O)([O-])OCOC(=O)C(C)(C)C.[NH4+].